The average Bonchev–Trinajstić information content (AvgIpc) is 2.68. The first kappa shape index (κ1) is 18.3. The minimum absolute atomic E-state index is 0.0797. The van der Waals surface area contributed by atoms with Gasteiger partial charge in [-0.1, -0.05) is 6.07 Å². The highest BCUT2D eigenvalue weighted by Gasteiger charge is 2.27. The van der Waals surface area contributed by atoms with Crippen molar-refractivity contribution in [2.75, 3.05) is 13.1 Å². The number of nitrogens with zero attached hydrogens (tertiary/aromatic N) is 5. The van der Waals surface area contributed by atoms with Crippen LogP contribution >= 0.6 is 0 Å². The Morgan fingerprint density at radius 3 is 2.93 bits per heavy atom. The summed E-state index contributed by atoms with van der Waals surface area (Å²) >= 11 is 0. The highest BCUT2D eigenvalue weighted by atomic mass is 16.6. The number of piperidine rings is 1. The summed E-state index contributed by atoms with van der Waals surface area (Å²) in [5, 5.41) is 20.2. The van der Waals surface area contributed by atoms with Gasteiger partial charge in [-0.25, -0.2) is 9.97 Å². The standard InChI is InChI=1S/C18H17N5O4/c1-12-4-5-13(9-16(12)23(25)26)18(24)22-8-2-3-14(11-22)27-17-15(10-19)20-6-7-21-17/h4-7,9,14H,2-3,8,11H2,1H3. The molecule has 1 aromatic carbocycles. The van der Waals surface area contributed by atoms with Crippen molar-refractivity contribution in [2.24, 2.45) is 0 Å². The molecule has 3 rings (SSSR count). The van der Waals surface area contributed by atoms with Crippen molar-refractivity contribution in [1.82, 2.24) is 14.9 Å². The van der Waals surface area contributed by atoms with E-state index in [-0.39, 0.29) is 34.8 Å². The van der Waals surface area contributed by atoms with Crippen LogP contribution in [0, 0.1) is 28.4 Å². The van der Waals surface area contributed by atoms with Crippen molar-refractivity contribution < 1.29 is 14.5 Å². The molecule has 9 heteroatoms. The molecule has 1 fully saturated rings. The van der Waals surface area contributed by atoms with Crippen LogP contribution in [0.3, 0.4) is 0 Å². The van der Waals surface area contributed by atoms with E-state index < -0.39 is 4.92 Å². The molecule has 138 valence electrons. The number of likely N-dealkylation sites (tertiary alicyclic amines) is 1. The summed E-state index contributed by atoms with van der Waals surface area (Å²) in [7, 11) is 0. The van der Waals surface area contributed by atoms with Gasteiger partial charge in [0, 0.05) is 36.1 Å². The van der Waals surface area contributed by atoms with Crippen molar-refractivity contribution in [3.63, 3.8) is 0 Å². The van der Waals surface area contributed by atoms with E-state index in [9.17, 15) is 14.9 Å². The third kappa shape index (κ3) is 4.00. The maximum Gasteiger partial charge on any atom is 0.273 e. The van der Waals surface area contributed by atoms with Crippen LogP contribution in [0.5, 0.6) is 5.88 Å². The van der Waals surface area contributed by atoms with Gasteiger partial charge in [0.1, 0.15) is 12.2 Å². The number of hydrogen-bond donors (Lipinski definition) is 0. The monoisotopic (exact) mass is 367 g/mol. The quantitative estimate of drug-likeness (QED) is 0.600. The van der Waals surface area contributed by atoms with Gasteiger partial charge < -0.3 is 9.64 Å². The second-order valence-corrected chi connectivity index (χ2v) is 6.21. The third-order valence-electron chi connectivity index (χ3n) is 4.37. The minimum Gasteiger partial charge on any atom is -0.470 e. The Kier molecular flexibility index (Phi) is 5.26. The Labute approximate surface area is 155 Å². The molecular formula is C18H17N5O4. The lowest BCUT2D eigenvalue weighted by atomic mass is 10.0. The molecule has 1 amide bonds. The number of ether oxygens (including phenoxy) is 1. The summed E-state index contributed by atoms with van der Waals surface area (Å²) in [4.78, 5) is 32.9. The van der Waals surface area contributed by atoms with Crippen molar-refractivity contribution >= 4 is 11.6 Å². The molecule has 0 saturated carbocycles. The molecule has 0 N–H and O–H groups in total. The number of benzene rings is 1. The number of carbonyl (C=O) groups excluding carboxylic acids is 1. The van der Waals surface area contributed by atoms with Gasteiger partial charge >= 0.3 is 0 Å². The molecule has 1 aromatic heterocycles. The van der Waals surface area contributed by atoms with E-state index in [1.165, 1.54) is 18.5 Å². The maximum atomic E-state index is 12.8. The number of carbonyl (C=O) groups is 1. The number of nitro benzene ring substituents is 1. The third-order valence-corrected chi connectivity index (χ3v) is 4.37. The Morgan fingerprint density at radius 2 is 2.19 bits per heavy atom. The van der Waals surface area contributed by atoms with Gasteiger partial charge in [-0.15, -0.1) is 0 Å². The normalized spacial score (nSPS) is 16.4. The highest BCUT2D eigenvalue weighted by Crippen LogP contribution is 2.23. The minimum atomic E-state index is -0.494. The predicted molar refractivity (Wildman–Crippen MR) is 94.1 cm³/mol. The van der Waals surface area contributed by atoms with Gasteiger partial charge in [-0.2, -0.15) is 5.26 Å². The number of aryl methyl sites for hydroxylation is 1. The first-order chi connectivity index (χ1) is 13.0. The number of nitriles is 1. The molecule has 27 heavy (non-hydrogen) atoms. The van der Waals surface area contributed by atoms with Crippen LogP contribution in [0.15, 0.2) is 30.6 Å². The second kappa shape index (κ2) is 7.78. The Morgan fingerprint density at radius 1 is 1.41 bits per heavy atom. The predicted octanol–water partition coefficient (Wildman–Crippen LogP) is 2.25. The van der Waals surface area contributed by atoms with E-state index in [1.807, 2.05) is 6.07 Å². The molecule has 0 aliphatic carbocycles. The number of amides is 1. The summed E-state index contributed by atoms with van der Waals surface area (Å²) in [6.45, 7) is 2.47. The van der Waals surface area contributed by atoms with Crippen LogP contribution in [0.1, 0.15) is 34.5 Å². The van der Waals surface area contributed by atoms with Gasteiger partial charge in [-0.3, -0.25) is 14.9 Å². The van der Waals surface area contributed by atoms with Crippen LogP contribution < -0.4 is 4.74 Å². The Hall–Kier alpha value is -3.54. The molecule has 1 saturated heterocycles. The Balaban J connectivity index is 1.74. The highest BCUT2D eigenvalue weighted by molar-refractivity contribution is 5.95. The van der Waals surface area contributed by atoms with Crippen molar-refractivity contribution in [2.45, 2.75) is 25.9 Å². The van der Waals surface area contributed by atoms with Crippen molar-refractivity contribution in [1.29, 1.82) is 5.26 Å². The number of nitro groups is 1. The van der Waals surface area contributed by atoms with E-state index in [1.54, 1.807) is 24.0 Å². The van der Waals surface area contributed by atoms with Gasteiger partial charge in [0.15, 0.2) is 0 Å². The SMILES string of the molecule is Cc1ccc(C(=O)N2CCCC(Oc3nccnc3C#N)C2)cc1[N+](=O)[O-]. The number of hydrogen-bond acceptors (Lipinski definition) is 7. The molecule has 0 bridgehead atoms. The van der Waals surface area contributed by atoms with Gasteiger partial charge in [0.2, 0.25) is 5.69 Å². The summed E-state index contributed by atoms with van der Waals surface area (Å²) < 4.78 is 5.78. The fourth-order valence-corrected chi connectivity index (χ4v) is 2.99. The zero-order valence-corrected chi connectivity index (χ0v) is 14.7. The summed E-state index contributed by atoms with van der Waals surface area (Å²) in [6, 6.07) is 6.39. The van der Waals surface area contributed by atoms with Crippen molar-refractivity contribution in [3.05, 3.63) is 57.5 Å². The van der Waals surface area contributed by atoms with Crippen LogP contribution in [-0.2, 0) is 0 Å². The van der Waals surface area contributed by atoms with Gasteiger partial charge in [-0.05, 0) is 25.8 Å². The lowest BCUT2D eigenvalue weighted by Gasteiger charge is -2.32. The molecule has 1 aliphatic heterocycles. The van der Waals surface area contributed by atoms with E-state index in [4.69, 9.17) is 10.00 Å². The first-order valence-corrected chi connectivity index (χ1v) is 8.41. The topological polar surface area (TPSA) is 122 Å². The van der Waals surface area contributed by atoms with Crippen molar-refractivity contribution in [3.8, 4) is 11.9 Å². The molecule has 2 heterocycles. The zero-order valence-electron chi connectivity index (χ0n) is 14.7. The Bertz CT molecular complexity index is 924. The average molecular weight is 367 g/mol. The molecule has 2 aromatic rings. The lowest BCUT2D eigenvalue weighted by Crippen LogP contribution is -2.44. The lowest BCUT2D eigenvalue weighted by molar-refractivity contribution is -0.385. The van der Waals surface area contributed by atoms with E-state index in [0.29, 0.717) is 31.5 Å². The maximum absolute atomic E-state index is 12.8. The number of rotatable bonds is 4. The largest absolute Gasteiger partial charge is 0.470 e. The molecule has 1 atom stereocenters. The second-order valence-electron chi connectivity index (χ2n) is 6.21. The van der Waals surface area contributed by atoms with Gasteiger partial charge in [0.25, 0.3) is 17.5 Å². The zero-order chi connectivity index (χ0) is 19.4. The molecular weight excluding hydrogens is 350 g/mol. The van der Waals surface area contributed by atoms with Gasteiger partial charge in [0.05, 0.1) is 11.5 Å². The molecule has 0 spiro atoms. The molecule has 0 radical (unpaired) electrons. The smallest absolute Gasteiger partial charge is 0.273 e. The summed E-state index contributed by atoms with van der Waals surface area (Å²) in [6.07, 6.45) is 3.94. The first-order valence-electron chi connectivity index (χ1n) is 8.41. The summed E-state index contributed by atoms with van der Waals surface area (Å²) in [5.41, 5.74) is 0.784. The fraction of sp³-hybridized carbons (Fsp3) is 0.333. The molecule has 1 unspecified atom stereocenters. The fourth-order valence-electron chi connectivity index (χ4n) is 2.99. The van der Waals surface area contributed by atoms with E-state index in [0.717, 1.165) is 0 Å². The molecule has 9 nitrogen and oxygen atoms in total. The molecule has 1 aliphatic rings. The van der Waals surface area contributed by atoms with Crippen LogP contribution in [0.25, 0.3) is 0 Å². The van der Waals surface area contributed by atoms with E-state index in [2.05, 4.69) is 9.97 Å². The summed E-state index contributed by atoms with van der Waals surface area (Å²) in [5.74, 6) is -0.142. The van der Waals surface area contributed by atoms with E-state index >= 15 is 0 Å². The van der Waals surface area contributed by atoms with Crippen LogP contribution in [-0.4, -0.2) is 44.9 Å². The van der Waals surface area contributed by atoms with Crippen LogP contribution in [0.4, 0.5) is 5.69 Å². The van der Waals surface area contributed by atoms with Crippen LogP contribution in [0.2, 0.25) is 0 Å². The number of aromatic nitrogens is 2.